The van der Waals surface area contributed by atoms with Gasteiger partial charge in [0.15, 0.2) is 12.4 Å². The van der Waals surface area contributed by atoms with E-state index >= 15 is 0 Å². The van der Waals surface area contributed by atoms with Crippen LogP contribution in [0.1, 0.15) is 18.9 Å². The Labute approximate surface area is 157 Å². The molecule has 0 unspecified atom stereocenters. The van der Waals surface area contributed by atoms with Crippen molar-refractivity contribution in [2.75, 3.05) is 37.0 Å². The number of pyridine rings is 1. The predicted molar refractivity (Wildman–Crippen MR) is 91.6 cm³/mol. The molecule has 152 valence electrons. The van der Waals surface area contributed by atoms with Crippen molar-refractivity contribution < 1.29 is 27.0 Å². The molecule has 1 aliphatic heterocycles. The van der Waals surface area contributed by atoms with Gasteiger partial charge < -0.3 is 20.1 Å². The molecule has 0 amide bonds. The van der Waals surface area contributed by atoms with E-state index in [1.54, 1.807) is 4.90 Å². The number of nitrogens with two attached hydrogens (primary N) is 1. The van der Waals surface area contributed by atoms with Crippen molar-refractivity contribution in [1.82, 2.24) is 19.9 Å². The van der Waals surface area contributed by atoms with Gasteiger partial charge in [-0.1, -0.05) is 0 Å². The fourth-order valence-corrected chi connectivity index (χ4v) is 2.62. The molecule has 0 radical (unpaired) electrons. The fraction of sp³-hybridized carbons (Fsp3) is 0.500. The number of rotatable bonds is 6. The summed E-state index contributed by atoms with van der Waals surface area (Å²) in [5.74, 6) is -0.188. The monoisotopic (exact) mass is 402 g/mol. The normalized spacial score (nSPS) is 17.4. The lowest BCUT2D eigenvalue weighted by atomic mass is 10.2. The minimum atomic E-state index is -2.84. The zero-order valence-electron chi connectivity index (χ0n) is 14.9. The fourth-order valence-electron chi connectivity index (χ4n) is 2.62. The zero-order valence-corrected chi connectivity index (χ0v) is 14.9. The molecule has 3 heterocycles. The molecule has 12 heteroatoms. The van der Waals surface area contributed by atoms with Crippen molar-refractivity contribution in [3.05, 3.63) is 17.8 Å². The number of anilines is 2. The Morgan fingerprint density at radius 2 is 2.07 bits per heavy atom. The molecule has 3 rings (SSSR count). The van der Waals surface area contributed by atoms with Gasteiger partial charge in [0.05, 0.1) is 24.8 Å². The van der Waals surface area contributed by atoms with E-state index in [4.69, 9.17) is 15.2 Å². The van der Waals surface area contributed by atoms with Crippen LogP contribution >= 0.6 is 0 Å². The summed E-state index contributed by atoms with van der Waals surface area (Å²) in [4.78, 5) is 17.9. The van der Waals surface area contributed by atoms with Gasteiger partial charge in [-0.3, -0.25) is 0 Å². The first kappa shape index (κ1) is 20.0. The van der Waals surface area contributed by atoms with E-state index in [0.717, 1.165) is 6.07 Å². The van der Waals surface area contributed by atoms with Gasteiger partial charge in [-0.15, -0.1) is 0 Å². The first-order valence-corrected chi connectivity index (χ1v) is 8.40. The molecule has 1 atom stereocenters. The van der Waals surface area contributed by atoms with Crippen LogP contribution in [-0.2, 0) is 4.74 Å². The first-order chi connectivity index (χ1) is 13.3. The summed E-state index contributed by atoms with van der Waals surface area (Å²) in [7, 11) is 0. The molecule has 2 aromatic heterocycles. The molecule has 0 aromatic carbocycles. The minimum Gasteiger partial charge on any atom is -0.457 e. The van der Waals surface area contributed by atoms with Gasteiger partial charge in [-0.2, -0.15) is 15.0 Å². The molecule has 2 N–H and O–H groups in total. The zero-order chi connectivity index (χ0) is 20.3. The van der Waals surface area contributed by atoms with Gasteiger partial charge in [-0.05, 0) is 13.0 Å². The summed E-state index contributed by atoms with van der Waals surface area (Å²) in [6, 6.07) is 0.675. The second-order valence-corrected chi connectivity index (χ2v) is 6.06. The average Bonchev–Trinajstić information content (AvgIpc) is 2.66. The first-order valence-electron chi connectivity index (χ1n) is 8.40. The second-order valence-electron chi connectivity index (χ2n) is 6.06. The molecule has 0 bridgehead atoms. The largest absolute Gasteiger partial charge is 0.457 e. The molecule has 0 spiro atoms. The molecule has 28 heavy (non-hydrogen) atoms. The van der Waals surface area contributed by atoms with E-state index in [1.807, 2.05) is 6.92 Å². The number of hydrogen-bond donors (Lipinski definition) is 1. The lowest BCUT2D eigenvalue weighted by molar-refractivity contribution is 0.0766. The highest BCUT2D eigenvalue weighted by atomic mass is 19.3. The van der Waals surface area contributed by atoms with Gasteiger partial charge >= 0.3 is 6.01 Å². The number of nitrogen functional groups attached to an aromatic ring is 1. The number of hydrogen-bond acceptors (Lipinski definition) is 8. The Balaban J connectivity index is 2.03. The van der Waals surface area contributed by atoms with Crippen LogP contribution in [0.5, 0.6) is 6.01 Å². The average molecular weight is 402 g/mol. The standard InChI is InChI=1S/C16H18F4N6O2/c1-8-6-27-3-2-26(8)15-23-14(24-16(25-15)28-7-11(17)18)9-4-10(12(19)20)13(21)22-5-9/h4-5,8,11-12H,2-3,6-7H2,1H3,(H2,21,22)/t8-/m1/s1. The van der Waals surface area contributed by atoms with Crippen LogP contribution < -0.4 is 15.4 Å². The van der Waals surface area contributed by atoms with E-state index in [0.29, 0.717) is 19.8 Å². The van der Waals surface area contributed by atoms with Gasteiger partial charge in [0.25, 0.3) is 12.9 Å². The third kappa shape index (κ3) is 4.55. The maximum Gasteiger partial charge on any atom is 0.322 e. The molecule has 1 aliphatic rings. The van der Waals surface area contributed by atoms with Gasteiger partial charge in [0, 0.05) is 18.3 Å². The topological polar surface area (TPSA) is 99.3 Å². The van der Waals surface area contributed by atoms with Gasteiger partial charge in [-0.25, -0.2) is 22.5 Å². The van der Waals surface area contributed by atoms with Crippen LogP contribution in [0.4, 0.5) is 29.3 Å². The summed E-state index contributed by atoms with van der Waals surface area (Å²) in [5, 5.41) is 0. The highest BCUT2D eigenvalue weighted by Crippen LogP contribution is 2.29. The summed E-state index contributed by atoms with van der Waals surface area (Å²) in [6.07, 6.45) is -4.35. The Hall–Kier alpha value is -2.76. The van der Waals surface area contributed by atoms with E-state index in [2.05, 4.69) is 19.9 Å². The predicted octanol–water partition coefficient (Wildman–Crippen LogP) is 2.32. The molecule has 1 saturated heterocycles. The number of halogens is 4. The van der Waals surface area contributed by atoms with Crippen molar-refractivity contribution in [3.63, 3.8) is 0 Å². The molecule has 8 nitrogen and oxygen atoms in total. The summed E-state index contributed by atoms with van der Waals surface area (Å²) >= 11 is 0. The van der Waals surface area contributed by atoms with Crippen LogP contribution in [0.2, 0.25) is 0 Å². The Morgan fingerprint density at radius 1 is 1.29 bits per heavy atom. The van der Waals surface area contributed by atoms with Crippen LogP contribution in [0.3, 0.4) is 0 Å². The maximum atomic E-state index is 13.1. The van der Waals surface area contributed by atoms with Crippen molar-refractivity contribution >= 4 is 11.8 Å². The lowest BCUT2D eigenvalue weighted by Gasteiger charge is -2.33. The van der Waals surface area contributed by atoms with Crippen LogP contribution in [0, 0.1) is 0 Å². The van der Waals surface area contributed by atoms with Crippen molar-refractivity contribution in [1.29, 1.82) is 0 Å². The quantitative estimate of drug-likeness (QED) is 0.735. The Kier molecular flexibility index (Phi) is 6.07. The van der Waals surface area contributed by atoms with E-state index < -0.39 is 25.0 Å². The number of morpholine rings is 1. The lowest BCUT2D eigenvalue weighted by Crippen LogP contribution is -2.44. The van der Waals surface area contributed by atoms with E-state index in [9.17, 15) is 17.6 Å². The van der Waals surface area contributed by atoms with Crippen LogP contribution in [0.25, 0.3) is 11.4 Å². The van der Waals surface area contributed by atoms with Crippen molar-refractivity contribution in [3.8, 4) is 17.4 Å². The van der Waals surface area contributed by atoms with Gasteiger partial charge in [0.2, 0.25) is 5.95 Å². The molecule has 0 aliphatic carbocycles. The number of aromatic nitrogens is 4. The van der Waals surface area contributed by atoms with Crippen LogP contribution in [-0.4, -0.2) is 58.8 Å². The van der Waals surface area contributed by atoms with E-state index in [1.165, 1.54) is 6.20 Å². The summed E-state index contributed by atoms with van der Waals surface area (Å²) in [6.45, 7) is 2.28. The molecule has 1 fully saturated rings. The SMILES string of the molecule is C[C@@H]1COCCN1c1nc(OCC(F)F)nc(-c2cnc(N)c(C(F)F)c2)n1. The third-order valence-corrected chi connectivity index (χ3v) is 4.01. The maximum absolute atomic E-state index is 13.1. The summed E-state index contributed by atoms with van der Waals surface area (Å²) < 4.78 is 61.6. The van der Waals surface area contributed by atoms with Crippen molar-refractivity contribution in [2.24, 2.45) is 0 Å². The van der Waals surface area contributed by atoms with E-state index in [-0.39, 0.29) is 35.2 Å². The van der Waals surface area contributed by atoms with Crippen molar-refractivity contribution in [2.45, 2.75) is 25.8 Å². The Bertz CT molecular complexity index is 826. The third-order valence-electron chi connectivity index (χ3n) is 4.01. The van der Waals surface area contributed by atoms with Gasteiger partial charge in [0.1, 0.15) is 5.82 Å². The highest BCUT2D eigenvalue weighted by molar-refractivity contribution is 5.60. The second kappa shape index (κ2) is 8.50. The molecule has 2 aromatic rings. The number of nitrogens with zero attached hydrogens (tertiary/aromatic N) is 5. The molecular weight excluding hydrogens is 384 g/mol. The molecular formula is C16H18F4N6O2. The molecule has 0 saturated carbocycles. The highest BCUT2D eigenvalue weighted by Gasteiger charge is 2.24. The number of alkyl halides is 4. The summed E-state index contributed by atoms with van der Waals surface area (Å²) in [5.41, 5.74) is 5.13. The van der Waals surface area contributed by atoms with Crippen LogP contribution in [0.15, 0.2) is 12.3 Å². The number of ether oxygens (including phenoxy) is 2. The minimum absolute atomic E-state index is 0.0395. The Morgan fingerprint density at radius 3 is 2.75 bits per heavy atom. The smallest absolute Gasteiger partial charge is 0.322 e.